The largest absolute Gasteiger partial charge is 0.416 e. The van der Waals surface area contributed by atoms with Crippen LogP contribution in [0.4, 0.5) is 0 Å². The second-order valence-corrected chi connectivity index (χ2v) is 43.8. The Labute approximate surface area is 367 Å². The number of rotatable bonds is 35. The van der Waals surface area contributed by atoms with E-state index < -0.39 is 68.5 Å². The van der Waals surface area contributed by atoms with Crippen LogP contribution in [-0.2, 0) is 51.9 Å². The van der Waals surface area contributed by atoms with E-state index in [4.69, 9.17) is 51.9 Å². The van der Waals surface area contributed by atoms with Crippen molar-refractivity contribution >= 4 is 68.5 Å². The van der Waals surface area contributed by atoms with E-state index in [1.807, 2.05) is 6.92 Å². The quantitative estimate of drug-likeness (QED) is 0.0446. The normalized spacial score (nSPS) is 25.2. The third kappa shape index (κ3) is 21.6. The number of hydrogen-bond acceptors (Lipinski definition) is 12. The zero-order valence-corrected chi connectivity index (χ0v) is 46.2. The van der Waals surface area contributed by atoms with Gasteiger partial charge in [-0.05, 0) is 108 Å². The molecule has 59 heavy (non-hydrogen) atoms. The van der Waals surface area contributed by atoms with Crippen LogP contribution in [0.2, 0.25) is 101 Å². The van der Waals surface area contributed by atoms with Crippen molar-refractivity contribution in [2.45, 2.75) is 108 Å². The number of hydrogen-bond donors (Lipinski definition) is 0. The van der Waals surface area contributed by atoms with Gasteiger partial charge in [0.2, 0.25) is 0 Å². The molecule has 340 valence electrons. The maximum atomic E-state index is 7.59. The Hall–Kier alpha value is -0.565. The maximum Gasteiger partial charge on any atom is 0.335 e. The van der Waals surface area contributed by atoms with E-state index in [0.717, 1.165) is 0 Å². The lowest BCUT2D eigenvalue weighted by molar-refractivity contribution is 0.192. The van der Waals surface area contributed by atoms with Crippen LogP contribution in [0.5, 0.6) is 0 Å². The van der Waals surface area contributed by atoms with E-state index in [0.29, 0.717) is 101 Å². The lowest BCUT2D eigenvalue weighted by Crippen LogP contribution is -2.68. The van der Waals surface area contributed by atoms with Crippen molar-refractivity contribution in [1.29, 1.82) is 0 Å². The highest BCUT2D eigenvalue weighted by molar-refractivity contribution is 6.95. The van der Waals surface area contributed by atoms with Crippen LogP contribution >= 0.6 is 0 Å². The summed E-state index contributed by atoms with van der Waals surface area (Å²) in [5.74, 6) is 0. The molecule has 1 aliphatic rings. The third-order valence-electron chi connectivity index (χ3n) is 9.86. The third-order valence-corrected chi connectivity index (χ3v) is 41.3. The molecule has 0 spiro atoms. The molecule has 0 amide bonds. The monoisotopic (exact) mass is 964 g/mol. The summed E-state index contributed by atoms with van der Waals surface area (Å²) in [5.41, 5.74) is 0. The van der Waals surface area contributed by atoms with Crippen molar-refractivity contribution in [3.63, 3.8) is 0 Å². The van der Waals surface area contributed by atoms with Crippen LogP contribution in [0, 0.1) is 0 Å². The van der Waals surface area contributed by atoms with Crippen molar-refractivity contribution < 1.29 is 51.9 Å². The van der Waals surface area contributed by atoms with Gasteiger partial charge in [0.15, 0.2) is 0 Å². The second kappa shape index (κ2) is 26.9. The van der Waals surface area contributed by atoms with Gasteiger partial charge in [-0.3, -0.25) is 0 Å². The molecule has 1 aliphatic heterocycles. The fourth-order valence-corrected chi connectivity index (χ4v) is 46.8. The molecule has 0 bridgehead atoms. The van der Waals surface area contributed by atoms with E-state index in [-0.39, 0.29) is 0 Å². The summed E-state index contributed by atoms with van der Waals surface area (Å²) >= 11 is 0. The van der Waals surface area contributed by atoms with Crippen molar-refractivity contribution in [3.8, 4) is 0 Å². The van der Waals surface area contributed by atoms with Gasteiger partial charge in [-0.15, -0.1) is 46.1 Å². The molecule has 0 N–H and O–H groups in total. The lowest BCUT2D eigenvalue weighted by atomic mass is 10.7. The zero-order chi connectivity index (χ0) is 44.7. The summed E-state index contributed by atoms with van der Waals surface area (Å²) in [6.45, 7) is 49.4. The topological polar surface area (TPSA) is 111 Å². The molecule has 0 aromatic rings. The Balaban J connectivity index is 3.95. The molecule has 12 nitrogen and oxygen atoms in total. The smallest absolute Gasteiger partial charge is 0.335 e. The first-order valence-electron chi connectivity index (χ1n) is 20.8. The first kappa shape index (κ1) is 56.5. The van der Waals surface area contributed by atoms with Crippen molar-refractivity contribution in [2.24, 2.45) is 0 Å². The second-order valence-electron chi connectivity index (χ2n) is 16.1. The molecular formula is C39H80O12Si8. The van der Waals surface area contributed by atoms with Crippen molar-refractivity contribution in [1.82, 2.24) is 0 Å². The maximum absolute atomic E-state index is 7.59. The Morgan fingerprint density at radius 2 is 0.525 bits per heavy atom. The van der Waals surface area contributed by atoms with Gasteiger partial charge in [-0.2, -0.15) is 0 Å². The SMILES string of the molecule is C=CCO[Si](C)(CC[Si]1(C)O[Si](C)(CC[Si](C)(OCC=C)OCC=C)O[Si](C)(CC[Si](C)(OCC=C)OCC=C)O[Si](C)(CC[Si](C)(OCC=C)OCC=C)O1)OCC. The lowest BCUT2D eigenvalue weighted by Gasteiger charge is -2.51. The van der Waals surface area contributed by atoms with Gasteiger partial charge >= 0.3 is 68.5 Å². The Bertz CT molecular complexity index is 1240. The molecule has 1 rings (SSSR count). The Kier molecular flexibility index (Phi) is 25.8. The predicted molar refractivity (Wildman–Crippen MR) is 260 cm³/mol. The van der Waals surface area contributed by atoms with Gasteiger partial charge < -0.3 is 51.9 Å². The summed E-state index contributed by atoms with van der Waals surface area (Å²) < 4.78 is 81.3. The predicted octanol–water partition coefficient (Wildman–Crippen LogP) is 10.1. The highest BCUT2D eigenvalue weighted by Crippen LogP contribution is 2.42. The highest BCUT2D eigenvalue weighted by Gasteiger charge is 2.59. The summed E-state index contributed by atoms with van der Waals surface area (Å²) in [6, 6.07) is 5.02. The van der Waals surface area contributed by atoms with E-state index >= 15 is 0 Å². The first-order valence-corrected chi connectivity index (χ1v) is 41.0. The zero-order valence-electron chi connectivity index (χ0n) is 38.2. The molecule has 3 unspecified atom stereocenters. The van der Waals surface area contributed by atoms with Gasteiger partial charge in [0.25, 0.3) is 0 Å². The van der Waals surface area contributed by atoms with Crippen molar-refractivity contribution in [2.75, 3.05) is 52.9 Å². The average Bonchev–Trinajstić information content (AvgIpc) is 3.18. The summed E-state index contributed by atoms with van der Waals surface area (Å²) in [6.07, 6.45) is 12.3. The van der Waals surface area contributed by atoms with Gasteiger partial charge in [-0.25, -0.2) is 0 Å². The van der Waals surface area contributed by atoms with Gasteiger partial charge in [0.05, 0.1) is 46.2 Å². The molecule has 0 radical (unpaired) electrons. The van der Waals surface area contributed by atoms with E-state index in [2.05, 4.69) is 98.4 Å². The molecular weight excluding hydrogens is 885 g/mol. The first-order chi connectivity index (χ1) is 27.6. The summed E-state index contributed by atoms with van der Waals surface area (Å²) in [7, 11) is -23.4. The van der Waals surface area contributed by atoms with Crippen LogP contribution in [-0.4, -0.2) is 121 Å². The average molecular weight is 966 g/mol. The Morgan fingerprint density at radius 1 is 0.356 bits per heavy atom. The van der Waals surface area contributed by atoms with E-state index in [1.165, 1.54) is 0 Å². The molecule has 0 saturated carbocycles. The fourth-order valence-electron chi connectivity index (χ4n) is 6.83. The summed E-state index contributed by atoms with van der Waals surface area (Å²) in [5, 5.41) is 0. The van der Waals surface area contributed by atoms with Crippen LogP contribution in [0.15, 0.2) is 88.6 Å². The molecule has 0 aromatic heterocycles. The van der Waals surface area contributed by atoms with E-state index in [9.17, 15) is 0 Å². The van der Waals surface area contributed by atoms with Crippen LogP contribution in [0.1, 0.15) is 6.92 Å². The van der Waals surface area contributed by atoms with Crippen molar-refractivity contribution in [3.05, 3.63) is 88.6 Å². The van der Waals surface area contributed by atoms with Crippen LogP contribution in [0.25, 0.3) is 0 Å². The van der Waals surface area contributed by atoms with Crippen LogP contribution in [0.3, 0.4) is 0 Å². The fraction of sp³-hybridized carbons (Fsp3) is 0.641. The molecule has 1 fully saturated rings. The molecule has 1 heterocycles. The summed E-state index contributed by atoms with van der Waals surface area (Å²) in [4.78, 5) is 0. The molecule has 3 atom stereocenters. The minimum absolute atomic E-state index is 0.382. The highest BCUT2D eigenvalue weighted by atomic mass is 28.5. The van der Waals surface area contributed by atoms with Crippen LogP contribution < -0.4 is 0 Å². The molecule has 0 aliphatic carbocycles. The molecule has 1 saturated heterocycles. The van der Waals surface area contributed by atoms with Gasteiger partial charge in [0.1, 0.15) is 0 Å². The Morgan fingerprint density at radius 3 is 0.678 bits per heavy atom. The van der Waals surface area contributed by atoms with Gasteiger partial charge in [-0.1, -0.05) is 42.5 Å². The molecule has 20 heteroatoms. The standard InChI is InChI=1S/C39H80O12Si8/c1-17-25-41-52(9,40-24-8)32-36-56(13)48-57(14,37-33-53(10,42-26-18-2)43-27-19-3)50-59(16,39-35-55(12,46-30-22-6)47-31-23-7)51-58(15,49-56)38-34-54(11,44-28-20-4)45-29-21-5/h17-23H,1-7,24-39H2,8-16H3. The van der Waals surface area contributed by atoms with E-state index in [1.54, 1.807) is 42.5 Å². The molecule has 0 aromatic carbocycles. The van der Waals surface area contributed by atoms with Gasteiger partial charge in [0, 0.05) is 6.61 Å². The minimum atomic E-state index is -3.15. The minimum Gasteiger partial charge on any atom is -0.416 e.